The van der Waals surface area contributed by atoms with E-state index in [4.69, 9.17) is 11.6 Å². The van der Waals surface area contributed by atoms with Gasteiger partial charge in [0.1, 0.15) is 0 Å². The highest BCUT2D eigenvalue weighted by molar-refractivity contribution is 6.32. The fourth-order valence-corrected chi connectivity index (χ4v) is 1.56. The summed E-state index contributed by atoms with van der Waals surface area (Å²) in [7, 11) is 0. The molecule has 3 heteroatoms. The van der Waals surface area contributed by atoms with Crippen LogP contribution in [0.5, 0.6) is 0 Å². The SMILES string of the molecule is Cc1cc2c(C=O)ccnc2cc1Cl. The molecule has 2 rings (SSSR count). The van der Waals surface area contributed by atoms with Gasteiger partial charge in [-0.25, -0.2) is 0 Å². The second-order valence-corrected chi connectivity index (χ2v) is 3.54. The van der Waals surface area contributed by atoms with Crippen molar-refractivity contribution in [2.75, 3.05) is 0 Å². The van der Waals surface area contributed by atoms with Gasteiger partial charge in [0.25, 0.3) is 0 Å². The Balaban J connectivity index is 2.88. The Morgan fingerprint density at radius 3 is 2.93 bits per heavy atom. The van der Waals surface area contributed by atoms with Crippen LogP contribution >= 0.6 is 11.6 Å². The lowest BCUT2D eigenvalue weighted by atomic mass is 10.1. The summed E-state index contributed by atoms with van der Waals surface area (Å²) >= 11 is 5.95. The Morgan fingerprint density at radius 2 is 2.21 bits per heavy atom. The van der Waals surface area contributed by atoms with Crippen LogP contribution < -0.4 is 0 Å². The van der Waals surface area contributed by atoms with Crippen molar-refractivity contribution in [3.63, 3.8) is 0 Å². The smallest absolute Gasteiger partial charge is 0.150 e. The number of benzene rings is 1. The van der Waals surface area contributed by atoms with Crippen LogP contribution in [-0.2, 0) is 0 Å². The number of pyridine rings is 1. The maximum Gasteiger partial charge on any atom is 0.150 e. The van der Waals surface area contributed by atoms with Crippen LogP contribution in [0, 0.1) is 6.92 Å². The van der Waals surface area contributed by atoms with E-state index < -0.39 is 0 Å². The Labute approximate surface area is 86.5 Å². The van der Waals surface area contributed by atoms with Crippen molar-refractivity contribution in [2.45, 2.75) is 6.92 Å². The number of hydrogen-bond acceptors (Lipinski definition) is 2. The molecular formula is C11H8ClNO. The molecule has 0 unspecified atom stereocenters. The molecule has 0 aliphatic carbocycles. The average molecular weight is 206 g/mol. The molecule has 1 heterocycles. The van der Waals surface area contributed by atoms with E-state index in [9.17, 15) is 4.79 Å². The van der Waals surface area contributed by atoms with Gasteiger partial charge in [-0.2, -0.15) is 0 Å². The Hall–Kier alpha value is -1.41. The van der Waals surface area contributed by atoms with Gasteiger partial charge in [-0.05, 0) is 30.7 Å². The van der Waals surface area contributed by atoms with Gasteiger partial charge in [0, 0.05) is 22.2 Å². The molecule has 0 fully saturated rings. The molecule has 14 heavy (non-hydrogen) atoms. The largest absolute Gasteiger partial charge is 0.298 e. The van der Waals surface area contributed by atoms with Crippen molar-refractivity contribution in [1.29, 1.82) is 0 Å². The number of nitrogens with zero attached hydrogens (tertiary/aromatic N) is 1. The minimum Gasteiger partial charge on any atom is -0.298 e. The number of rotatable bonds is 1. The standard InChI is InChI=1S/C11H8ClNO/c1-7-4-9-8(6-14)2-3-13-11(9)5-10(7)12/h2-6H,1H3. The first-order valence-corrected chi connectivity index (χ1v) is 4.60. The summed E-state index contributed by atoms with van der Waals surface area (Å²) in [5, 5.41) is 1.53. The van der Waals surface area contributed by atoms with Crippen LogP contribution in [0.3, 0.4) is 0 Å². The van der Waals surface area contributed by atoms with Crippen LogP contribution in [0.4, 0.5) is 0 Å². The van der Waals surface area contributed by atoms with Gasteiger partial charge in [-0.3, -0.25) is 9.78 Å². The lowest BCUT2D eigenvalue weighted by Gasteiger charge is -2.03. The van der Waals surface area contributed by atoms with Crippen molar-refractivity contribution in [3.8, 4) is 0 Å². The summed E-state index contributed by atoms with van der Waals surface area (Å²) in [5.41, 5.74) is 2.36. The average Bonchev–Trinajstić information content (AvgIpc) is 2.19. The molecular weight excluding hydrogens is 198 g/mol. The molecule has 0 radical (unpaired) electrons. The zero-order valence-electron chi connectivity index (χ0n) is 7.62. The molecule has 2 aromatic rings. The van der Waals surface area contributed by atoms with Crippen LogP contribution in [0.25, 0.3) is 10.9 Å². The quantitative estimate of drug-likeness (QED) is 0.670. The monoisotopic (exact) mass is 205 g/mol. The van der Waals surface area contributed by atoms with E-state index in [1.165, 1.54) is 0 Å². The first-order valence-electron chi connectivity index (χ1n) is 4.22. The highest BCUT2D eigenvalue weighted by Crippen LogP contribution is 2.23. The summed E-state index contributed by atoms with van der Waals surface area (Å²) in [6.07, 6.45) is 2.44. The lowest BCUT2D eigenvalue weighted by Crippen LogP contribution is -1.87. The first-order chi connectivity index (χ1) is 6.72. The first kappa shape index (κ1) is 9.16. The van der Waals surface area contributed by atoms with Crippen molar-refractivity contribution < 1.29 is 4.79 Å². The van der Waals surface area contributed by atoms with Gasteiger partial charge >= 0.3 is 0 Å². The number of carbonyl (C=O) groups excluding carboxylic acids is 1. The highest BCUT2D eigenvalue weighted by Gasteiger charge is 2.03. The predicted molar refractivity (Wildman–Crippen MR) is 56.9 cm³/mol. The molecule has 0 bridgehead atoms. The summed E-state index contributed by atoms with van der Waals surface area (Å²) in [5.74, 6) is 0. The maximum atomic E-state index is 10.8. The molecule has 0 aliphatic rings. The maximum absolute atomic E-state index is 10.8. The van der Waals surface area contributed by atoms with Crippen molar-refractivity contribution in [3.05, 3.63) is 40.5 Å². The van der Waals surface area contributed by atoms with E-state index in [-0.39, 0.29) is 0 Å². The molecule has 0 N–H and O–H groups in total. The molecule has 2 nitrogen and oxygen atoms in total. The van der Waals surface area contributed by atoms with Gasteiger partial charge in [-0.1, -0.05) is 11.6 Å². The van der Waals surface area contributed by atoms with E-state index in [2.05, 4.69) is 4.98 Å². The van der Waals surface area contributed by atoms with Gasteiger partial charge in [0.05, 0.1) is 5.52 Å². The Morgan fingerprint density at radius 1 is 1.43 bits per heavy atom. The van der Waals surface area contributed by atoms with Crippen LogP contribution in [0.2, 0.25) is 5.02 Å². The number of aldehydes is 1. The van der Waals surface area contributed by atoms with Crippen molar-refractivity contribution in [1.82, 2.24) is 4.98 Å². The molecule has 0 amide bonds. The number of aryl methyl sites for hydroxylation is 1. The van der Waals surface area contributed by atoms with Gasteiger partial charge in [0.15, 0.2) is 6.29 Å². The minimum atomic E-state index is 0.648. The van der Waals surface area contributed by atoms with E-state index in [1.807, 2.05) is 13.0 Å². The third-order valence-electron chi connectivity index (χ3n) is 2.18. The predicted octanol–water partition coefficient (Wildman–Crippen LogP) is 3.01. The summed E-state index contributed by atoms with van der Waals surface area (Å²) in [6, 6.07) is 5.36. The molecule has 0 saturated heterocycles. The van der Waals surface area contributed by atoms with E-state index in [0.29, 0.717) is 10.6 Å². The summed E-state index contributed by atoms with van der Waals surface area (Å²) in [6.45, 7) is 1.91. The van der Waals surface area contributed by atoms with Gasteiger partial charge < -0.3 is 0 Å². The molecule has 0 atom stereocenters. The Bertz CT molecular complexity index is 508. The van der Waals surface area contributed by atoms with Gasteiger partial charge in [-0.15, -0.1) is 0 Å². The van der Waals surface area contributed by atoms with Gasteiger partial charge in [0.2, 0.25) is 0 Å². The molecule has 0 saturated carbocycles. The van der Waals surface area contributed by atoms with E-state index >= 15 is 0 Å². The molecule has 1 aromatic heterocycles. The molecule has 0 aliphatic heterocycles. The molecule has 0 spiro atoms. The number of carbonyl (C=O) groups is 1. The van der Waals surface area contributed by atoms with Crippen LogP contribution in [0.1, 0.15) is 15.9 Å². The van der Waals surface area contributed by atoms with Crippen molar-refractivity contribution >= 4 is 28.8 Å². The third-order valence-corrected chi connectivity index (χ3v) is 2.59. The van der Waals surface area contributed by atoms with E-state index in [1.54, 1.807) is 18.3 Å². The lowest BCUT2D eigenvalue weighted by molar-refractivity contribution is 0.112. The number of hydrogen-bond donors (Lipinski definition) is 0. The highest BCUT2D eigenvalue weighted by atomic mass is 35.5. The molecule has 70 valence electrons. The second kappa shape index (κ2) is 3.39. The topological polar surface area (TPSA) is 30.0 Å². The number of fused-ring (bicyclic) bond motifs is 1. The number of halogens is 1. The Kier molecular flexibility index (Phi) is 2.22. The number of aromatic nitrogens is 1. The molecule has 1 aromatic carbocycles. The van der Waals surface area contributed by atoms with Crippen LogP contribution in [-0.4, -0.2) is 11.3 Å². The fraction of sp³-hybridized carbons (Fsp3) is 0.0909. The normalized spacial score (nSPS) is 10.4. The minimum absolute atomic E-state index is 0.648. The summed E-state index contributed by atoms with van der Waals surface area (Å²) < 4.78 is 0. The van der Waals surface area contributed by atoms with Crippen molar-refractivity contribution in [2.24, 2.45) is 0 Å². The summed E-state index contributed by atoms with van der Waals surface area (Å²) in [4.78, 5) is 14.9. The fourth-order valence-electron chi connectivity index (χ4n) is 1.40. The zero-order valence-corrected chi connectivity index (χ0v) is 8.38. The third kappa shape index (κ3) is 1.38. The van der Waals surface area contributed by atoms with E-state index in [0.717, 1.165) is 22.8 Å². The second-order valence-electron chi connectivity index (χ2n) is 3.14. The van der Waals surface area contributed by atoms with Crippen LogP contribution in [0.15, 0.2) is 24.4 Å². The zero-order chi connectivity index (χ0) is 10.1.